The highest BCUT2D eigenvalue weighted by Gasteiger charge is 2.23. The molecule has 112 valence electrons. The Morgan fingerprint density at radius 1 is 1.29 bits per heavy atom. The molecule has 7 heteroatoms. The first-order valence-corrected chi connectivity index (χ1v) is 7.58. The van der Waals surface area contributed by atoms with Crippen LogP contribution in [-0.2, 0) is 0 Å². The third kappa shape index (κ3) is 3.01. The van der Waals surface area contributed by atoms with Crippen LogP contribution in [0.4, 0.5) is 0 Å². The van der Waals surface area contributed by atoms with E-state index in [1.165, 1.54) is 0 Å². The number of hydrogen-bond acceptors (Lipinski definition) is 4. The highest BCUT2D eigenvalue weighted by molar-refractivity contribution is 6.29. The fourth-order valence-corrected chi connectivity index (χ4v) is 2.76. The van der Waals surface area contributed by atoms with Gasteiger partial charge in [-0.1, -0.05) is 18.5 Å². The van der Waals surface area contributed by atoms with Gasteiger partial charge in [-0.3, -0.25) is 9.69 Å². The van der Waals surface area contributed by atoms with Gasteiger partial charge in [-0.25, -0.2) is 9.50 Å². The van der Waals surface area contributed by atoms with Crippen molar-refractivity contribution >= 4 is 23.2 Å². The molecule has 2 aromatic rings. The van der Waals surface area contributed by atoms with Gasteiger partial charge in [-0.05, 0) is 25.1 Å². The highest BCUT2D eigenvalue weighted by atomic mass is 35.5. The maximum atomic E-state index is 12.5. The van der Waals surface area contributed by atoms with Gasteiger partial charge in [0.05, 0.1) is 6.20 Å². The quantitative estimate of drug-likeness (QED) is 0.863. The van der Waals surface area contributed by atoms with Crippen LogP contribution in [0.5, 0.6) is 0 Å². The molecule has 21 heavy (non-hydrogen) atoms. The van der Waals surface area contributed by atoms with Crippen LogP contribution < -0.4 is 0 Å². The molecule has 0 atom stereocenters. The third-order valence-corrected chi connectivity index (χ3v) is 3.91. The molecule has 0 aliphatic carbocycles. The van der Waals surface area contributed by atoms with Crippen LogP contribution in [0.3, 0.4) is 0 Å². The number of carbonyl (C=O) groups is 1. The summed E-state index contributed by atoms with van der Waals surface area (Å²) in [6.07, 6.45) is 2.79. The number of hydrogen-bond donors (Lipinski definition) is 0. The Morgan fingerprint density at radius 3 is 2.76 bits per heavy atom. The number of nitrogens with zero attached hydrogens (tertiary/aromatic N) is 5. The van der Waals surface area contributed by atoms with Crippen LogP contribution in [0.25, 0.3) is 5.65 Å². The van der Waals surface area contributed by atoms with Crippen molar-refractivity contribution in [2.75, 3.05) is 32.7 Å². The van der Waals surface area contributed by atoms with Crippen molar-refractivity contribution in [1.82, 2.24) is 24.4 Å². The zero-order chi connectivity index (χ0) is 14.8. The number of piperazine rings is 1. The van der Waals surface area contributed by atoms with Gasteiger partial charge in [0.2, 0.25) is 0 Å². The van der Waals surface area contributed by atoms with E-state index in [2.05, 4.69) is 21.9 Å². The molecular weight excluding hydrogens is 290 g/mol. The first-order chi connectivity index (χ1) is 10.2. The zero-order valence-corrected chi connectivity index (χ0v) is 12.8. The second kappa shape index (κ2) is 5.99. The molecule has 2 aromatic heterocycles. The van der Waals surface area contributed by atoms with E-state index in [0.29, 0.717) is 16.5 Å². The highest BCUT2D eigenvalue weighted by Crippen LogP contribution is 2.11. The molecule has 1 aliphatic heterocycles. The predicted octanol–water partition coefficient (Wildman–Crippen LogP) is 1.55. The molecule has 0 radical (unpaired) electrons. The molecule has 0 spiro atoms. The summed E-state index contributed by atoms with van der Waals surface area (Å²) in [5.41, 5.74) is 1.06. The lowest BCUT2D eigenvalue weighted by molar-refractivity contribution is 0.0632. The Balaban J connectivity index is 1.72. The van der Waals surface area contributed by atoms with Gasteiger partial charge in [0.25, 0.3) is 5.91 Å². The molecule has 0 N–H and O–H groups in total. The van der Waals surface area contributed by atoms with Gasteiger partial charge in [-0.2, -0.15) is 5.10 Å². The van der Waals surface area contributed by atoms with Gasteiger partial charge in [-0.15, -0.1) is 0 Å². The zero-order valence-electron chi connectivity index (χ0n) is 12.0. The van der Waals surface area contributed by atoms with E-state index < -0.39 is 0 Å². The van der Waals surface area contributed by atoms with Crippen LogP contribution in [0, 0.1) is 0 Å². The summed E-state index contributed by atoms with van der Waals surface area (Å²) in [5, 5.41) is 4.48. The van der Waals surface area contributed by atoms with Crippen LogP contribution in [0.1, 0.15) is 23.8 Å². The molecule has 1 fully saturated rings. The standard InChI is InChI=1S/C14H18ClN5O/c1-2-5-18-6-8-19(9-7-18)14(21)11-10-20-13(16-11)4-3-12(15)17-20/h3-4,10H,2,5-9H2,1H3. The number of halogens is 1. The van der Waals surface area contributed by atoms with Gasteiger partial charge in [0, 0.05) is 26.2 Å². The minimum absolute atomic E-state index is 0.0345. The second-order valence-corrected chi connectivity index (χ2v) is 5.61. The summed E-state index contributed by atoms with van der Waals surface area (Å²) in [7, 11) is 0. The smallest absolute Gasteiger partial charge is 0.274 e. The summed E-state index contributed by atoms with van der Waals surface area (Å²) < 4.78 is 1.54. The van der Waals surface area contributed by atoms with E-state index >= 15 is 0 Å². The van der Waals surface area contributed by atoms with Crippen molar-refractivity contribution in [3.05, 3.63) is 29.2 Å². The first kappa shape index (κ1) is 14.3. The molecular formula is C14H18ClN5O. The Morgan fingerprint density at radius 2 is 2.05 bits per heavy atom. The number of aromatic nitrogens is 3. The third-order valence-electron chi connectivity index (χ3n) is 3.71. The van der Waals surface area contributed by atoms with E-state index in [0.717, 1.165) is 39.1 Å². The van der Waals surface area contributed by atoms with E-state index in [9.17, 15) is 4.79 Å². The van der Waals surface area contributed by atoms with Crippen LogP contribution in [0.15, 0.2) is 18.3 Å². The average Bonchev–Trinajstić information content (AvgIpc) is 2.90. The van der Waals surface area contributed by atoms with Gasteiger partial charge in [0.15, 0.2) is 5.65 Å². The van der Waals surface area contributed by atoms with Crippen molar-refractivity contribution in [3.63, 3.8) is 0 Å². The second-order valence-electron chi connectivity index (χ2n) is 5.22. The first-order valence-electron chi connectivity index (χ1n) is 7.21. The van der Waals surface area contributed by atoms with E-state index in [-0.39, 0.29) is 5.91 Å². The van der Waals surface area contributed by atoms with Crippen molar-refractivity contribution in [2.24, 2.45) is 0 Å². The Labute approximate surface area is 128 Å². The predicted molar refractivity (Wildman–Crippen MR) is 80.6 cm³/mol. The van der Waals surface area contributed by atoms with Crippen molar-refractivity contribution in [1.29, 1.82) is 0 Å². The van der Waals surface area contributed by atoms with Crippen molar-refractivity contribution in [2.45, 2.75) is 13.3 Å². The lowest BCUT2D eigenvalue weighted by atomic mass is 10.2. The van der Waals surface area contributed by atoms with Gasteiger partial charge in [0.1, 0.15) is 10.8 Å². The molecule has 1 aliphatic rings. The number of carbonyl (C=O) groups excluding carboxylic acids is 1. The number of fused-ring (bicyclic) bond motifs is 1. The van der Waals surface area contributed by atoms with Crippen molar-refractivity contribution < 1.29 is 4.79 Å². The average molecular weight is 308 g/mol. The van der Waals surface area contributed by atoms with Crippen LogP contribution in [0.2, 0.25) is 5.15 Å². The summed E-state index contributed by atoms with van der Waals surface area (Å²) in [6, 6.07) is 3.42. The molecule has 1 amide bonds. The molecule has 3 rings (SSSR count). The summed E-state index contributed by atoms with van der Waals surface area (Å²) >= 11 is 5.84. The van der Waals surface area contributed by atoms with Crippen LogP contribution >= 0.6 is 11.6 Å². The fourth-order valence-electron chi connectivity index (χ4n) is 2.61. The number of rotatable bonds is 3. The largest absolute Gasteiger partial charge is 0.335 e. The normalized spacial score (nSPS) is 16.6. The molecule has 0 aromatic carbocycles. The van der Waals surface area contributed by atoms with E-state index in [1.54, 1.807) is 22.8 Å². The maximum absolute atomic E-state index is 12.5. The molecule has 1 saturated heterocycles. The minimum atomic E-state index is -0.0345. The maximum Gasteiger partial charge on any atom is 0.274 e. The lowest BCUT2D eigenvalue weighted by Crippen LogP contribution is -2.48. The number of amides is 1. The molecule has 0 saturated carbocycles. The molecule has 0 bridgehead atoms. The van der Waals surface area contributed by atoms with Gasteiger partial charge < -0.3 is 4.90 Å². The van der Waals surface area contributed by atoms with Gasteiger partial charge >= 0.3 is 0 Å². The Bertz CT molecular complexity index is 648. The monoisotopic (exact) mass is 307 g/mol. The fraction of sp³-hybridized carbons (Fsp3) is 0.500. The van der Waals surface area contributed by atoms with Crippen molar-refractivity contribution in [3.8, 4) is 0 Å². The van der Waals surface area contributed by atoms with E-state index in [1.807, 2.05) is 4.90 Å². The SMILES string of the molecule is CCCN1CCN(C(=O)c2cn3nc(Cl)ccc3n2)CC1. The topological polar surface area (TPSA) is 53.7 Å². The summed E-state index contributed by atoms with van der Waals surface area (Å²) in [4.78, 5) is 21.1. The Hall–Kier alpha value is -1.66. The molecule has 6 nitrogen and oxygen atoms in total. The number of imidazole rings is 1. The summed E-state index contributed by atoms with van der Waals surface area (Å²) in [5.74, 6) is -0.0345. The van der Waals surface area contributed by atoms with Crippen LogP contribution in [-0.4, -0.2) is 63.0 Å². The van der Waals surface area contributed by atoms with E-state index in [4.69, 9.17) is 11.6 Å². The molecule has 0 unspecified atom stereocenters. The lowest BCUT2D eigenvalue weighted by Gasteiger charge is -2.34. The Kier molecular flexibility index (Phi) is 4.07. The molecule has 3 heterocycles. The summed E-state index contributed by atoms with van der Waals surface area (Å²) in [6.45, 7) is 6.63. The minimum Gasteiger partial charge on any atom is -0.335 e.